The molecule has 2 amide bonds. The van der Waals surface area contributed by atoms with Crippen LogP contribution >= 0.6 is 0 Å². The summed E-state index contributed by atoms with van der Waals surface area (Å²) in [7, 11) is 0. The highest BCUT2D eigenvalue weighted by atomic mass is 16.6. The van der Waals surface area contributed by atoms with Gasteiger partial charge in [-0.2, -0.15) is 0 Å². The van der Waals surface area contributed by atoms with Crippen LogP contribution < -0.4 is 16.4 Å². The lowest BCUT2D eigenvalue weighted by molar-refractivity contribution is -0.393. The molecular formula is C16H21N5O8. The van der Waals surface area contributed by atoms with Crippen LogP contribution in [0.3, 0.4) is 0 Å². The summed E-state index contributed by atoms with van der Waals surface area (Å²) >= 11 is 0. The molecule has 0 spiro atoms. The van der Waals surface area contributed by atoms with E-state index < -0.39 is 51.1 Å². The first kappa shape index (κ1) is 23.3. The summed E-state index contributed by atoms with van der Waals surface area (Å²) in [5, 5.41) is 36.2. The zero-order valence-corrected chi connectivity index (χ0v) is 15.5. The van der Waals surface area contributed by atoms with Crippen LogP contribution in [-0.4, -0.2) is 44.8 Å². The Morgan fingerprint density at radius 2 is 1.79 bits per heavy atom. The Balaban J connectivity index is 3.06. The van der Waals surface area contributed by atoms with Gasteiger partial charge in [0.25, 0.3) is 11.4 Å². The summed E-state index contributed by atoms with van der Waals surface area (Å²) in [4.78, 5) is 55.1. The molecular weight excluding hydrogens is 390 g/mol. The van der Waals surface area contributed by atoms with Crippen molar-refractivity contribution in [1.82, 2.24) is 5.32 Å². The molecule has 0 saturated carbocycles. The number of nitro benzene ring substituents is 2. The third-order valence-corrected chi connectivity index (χ3v) is 3.91. The van der Waals surface area contributed by atoms with Crippen LogP contribution in [0.5, 0.6) is 0 Å². The SMILES string of the molecule is CCC[C@H](Nc1ccc([N+](=O)[O-])cc1[N+](=O)[O-])C(=O)N[C@@H](CCC(N)=O)C(=O)O. The molecule has 0 saturated heterocycles. The van der Waals surface area contributed by atoms with Gasteiger partial charge in [-0.3, -0.25) is 29.8 Å². The van der Waals surface area contributed by atoms with Gasteiger partial charge in [0.15, 0.2) is 0 Å². The number of carboxylic acid groups (broad SMARTS) is 1. The first-order chi connectivity index (χ1) is 13.6. The number of aliphatic carboxylic acids is 1. The van der Waals surface area contributed by atoms with Gasteiger partial charge in [0.05, 0.1) is 15.9 Å². The van der Waals surface area contributed by atoms with Gasteiger partial charge in [-0.15, -0.1) is 0 Å². The number of nitrogens with two attached hydrogens (primary N) is 1. The van der Waals surface area contributed by atoms with Crippen LogP contribution in [0.2, 0.25) is 0 Å². The molecule has 0 fully saturated rings. The van der Waals surface area contributed by atoms with Gasteiger partial charge in [-0.25, -0.2) is 4.79 Å². The van der Waals surface area contributed by atoms with Gasteiger partial charge in [0.1, 0.15) is 17.8 Å². The van der Waals surface area contributed by atoms with E-state index in [0.717, 1.165) is 18.2 Å². The van der Waals surface area contributed by atoms with Crippen molar-refractivity contribution in [2.45, 2.75) is 44.7 Å². The molecule has 5 N–H and O–H groups in total. The summed E-state index contributed by atoms with van der Waals surface area (Å²) in [5.74, 6) is -2.84. The number of primary amides is 1. The Hall–Kier alpha value is -3.77. The second kappa shape index (κ2) is 10.5. The van der Waals surface area contributed by atoms with E-state index in [-0.39, 0.29) is 24.9 Å². The number of hydrogen-bond donors (Lipinski definition) is 4. The number of rotatable bonds is 12. The molecule has 13 nitrogen and oxygen atoms in total. The molecule has 0 unspecified atom stereocenters. The van der Waals surface area contributed by atoms with E-state index in [0.29, 0.717) is 6.42 Å². The van der Waals surface area contributed by atoms with Crippen molar-refractivity contribution >= 4 is 34.8 Å². The molecule has 0 aliphatic carbocycles. The Bertz CT molecular complexity index is 812. The van der Waals surface area contributed by atoms with E-state index in [2.05, 4.69) is 10.6 Å². The fourth-order valence-electron chi connectivity index (χ4n) is 2.47. The second-order valence-electron chi connectivity index (χ2n) is 6.11. The summed E-state index contributed by atoms with van der Waals surface area (Å²) in [6.07, 6.45) is 0.205. The van der Waals surface area contributed by atoms with Crippen LogP contribution in [0.15, 0.2) is 18.2 Å². The molecule has 13 heteroatoms. The standard InChI is InChI=1S/C16H21N5O8/c1-2-3-11(15(23)19-12(16(24)25)6-7-14(17)22)18-10-5-4-9(20(26)27)8-13(10)21(28)29/h4-5,8,11-12,18H,2-3,6-7H2,1H3,(H2,17,22)(H,19,23)(H,24,25)/t11-,12-/m0/s1. The quantitative estimate of drug-likeness (QED) is 0.284. The number of carbonyl (C=O) groups excluding carboxylic acids is 2. The van der Waals surface area contributed by atoms with Crippen LogP contribution in [0, 0.1) is 20.2 Å². The lowest BCUT2D eigenvalue weighted by atomic mass is 10.1. The average Bonchev–Trinajstić information content (AvgIpc) is 2.63. The summed E-state index contributed by atoms with van der Waals surface area (Å²) in [5.41, 5.74) is 3.77. The average molecular weight is 411 g/mol. The second-order valence-corrected chi connectivity index (χ2v) is 6.11. The molecule has 1 aromatic rings. The Kier molecular flexibility index (Phi) is 8.45. The minimum atomic E-state index is -1.37. The van der Waals surface area contributed by atoms with Crippen LogP contribution in [0.1, 0.15) is 32.6 Å². The van der Waals surface area contributed by atoms with Gasteiger partial charge in [0.2, 0.25) is 11.8 Å². The Labute approximate surface area is 164 Å². The topological polar surface area (TPSA) is 208 Å². The van der Waals surface area contributed by atoms with Gasteiger partial charge in [0, 0.05) is 12.5 Å². The van der Waals surface area contributed by atoms with Crippen LogP contribution in [0.4, 0.5) is 17.1 Å². The van der Waals surface area contributed by atoms with E-state index in [4.69, 9.17) is 5.73 Å². The summed E-state index contributed by atoms with van der Waals surface area (Å²) < 4.78 is 0. The number of nitrogens with one attached hydrogen (secondary N) is 2. The Morgan fingerprint density at radius 3 is 2.28 bits per heavy atom. The maximum atomic E-state index is 12.5. The number of hydrogen-bond acceptors (Lipinski definition) is 8. The first-order valence-electron chi connectivity index (χ1n) is 8.57. The highest BCUT2D eigenvalue weighted by Gasteiger charge is 2.28. The molecule has 2 atom stereocenters. The van der Waals surface area contributed by atoms with Crippen molar-refractivity contribution in [3.63, 3.8) is 0 Å². The van der Waals surface area contributed by atoms with E-state index >= 15 is 0 Å². The molecule has 1 aromatic carbocycles. The van der Waals surface area contributed by atoms with E-state index in [1.54, 1.807) is 6.92 Å². The summed E-state index contributed by atoms with van der Waals surface area (Å²) in [6.45, 7) is 1.74. The molecule has 0 bridgehead atoms. The highest BCUT2D eigenvalue weighted by molar-refractivity contribution is 5.89. The van der Waals surface area contributed by atoms with Gasteiger partial charge < -0.3 is 21.5 Å². The van der Waals surface area contributed by atoms with Crippen molar-refractivity contribution in [3.8, 4) is 0 Å². The maximum Gasteiger partial charge on any atom is 0.326 e. The largest absolute Gasteiger partial charge is 0.480 e. The number of nitro groups is 2. The third-order valence-electron chi connectivity index (χ3n) is 3.91. The minimum absolute atomic E-state index is 0.127. The van der Waals surface area contributed by atoms with Crippen molar-refractivity contribution < 1.29 is 29.3 Å². The minimum Gasteiger partial charge on any atom is -0.480 e. The molecule has 0 aliphatic heterocycles. The monoisotopic (exact) mass is 411 g/mol. The predicted molar refractivity (Wildman–Crippen MR) is 100 cm³/mol. The van der Waals surface area contributed by atoms with Gasteiger partial charge in [-0.1, -0.05) is 13.3 Å². The van der Waals surface area contributed by atoms with Crippen molar-refractivity contribution in [1.29, 1.82) is 0 Å². The lowest BCUT2D eigenvalue weighted by Crippen LogP contribution is -2.48. The van der Waals surface area contributed by atoms with Crippen molar-refractivity contribution in [2.75, 3.05) is 5.32 Å². The highest BCUT2D eigenvalue weighted by Crippen LogP contribution is 2.29. The smallest absolute Gasteiger partial charge is 0.326 e. The Morgan fingerprint density at radius 1 is 1.14 bits per heavy atom. The van der Waals surface area contributed by atoms with Gasteiger partial charge >= 0.3 is 5.97 Å². The molecule has 29 heavy (non-hydrogen) atoms. The van der Waals surface area contributed by atoms with Crippen LogP contribution in [0.25, 0.3) is 0 Å². The predicted octanol–water partition coefficient (Wildman–Crippen LogP) is 0.918. The number of nitrogens with zero attached hydrogens (tertiary/aromatic N) is 2. The molecule has 0 aliphatic rings. The van der Waals surface area contributed by atoms with Crippen molar-refractivity contribution in [2.24, 2.45) is 5.73 Å². The fraction of sp³-hybridized carbons (Fsp3) is 0.438. The molecule has 0 radical (unpaired) electrons. The van der Waals surface area contributed by atoms with E-state index in [1.165, 1.54) is 0 Å². The number of benzene rings is 1. The zero-order chi connectivity index (χ0) is 22.1. The normalized spacial score (nSPS) is 12.4. The first-order valence-corrected chi connectivity index (χ1v) is 8.57. The number of anilines is 1. The molecule has 0 aromatic heterocycles. The third kappa shape index (κ3) is 7.04. The molecule has 0 heterocycles. The van der Waals surface area contributed by atoms with E-state index in [9.17, 15) is 39.7 Å². The van der Waals surface area contributed by atoms with Crippen LogP contribution in [-0.2, 0) is 14.4 Å². The van der Waals surface area contributed by atoms with Crippen molar-refractivity contribution in [3.05, 3.63) is 38.4 Å². The van der Waals surface area contributed by atoms with E-state index in [1.807, 2.05) is 0 Å². The lowest BCUT2D eigenvalue weighted by Gasteiger charge is -2.21. The summed E-state index contributed by atoms with van der Waals surface area (Å²) in [6, 6.07) is 0.492. The number of carboxylic acids is 1. The fourth-order valence-corrected chi connectivity index (χ4v) is 2.47. The molecule has 1 rings (SSSR count). The maximum absolute atomic E-state index is 12.5. The number of non-ortho nitro benzene ring substituents is 1. The molecule has 158 valence electrons. The zero-order valence-electron chi connectivity index (χ0n) is 15.5. The number of carbonyl (C=O) groups is 3. The number of amides is 2. The van der Waals surface area contributed by atoms with Gasteiger partial charge in [-0.05, 0) is 18.9 Å².